The van der Waals surface area contributed by atoms with Gasteiger partial charge >= 0.3 is 0 Å². The van der Waals surface area contributed by atoms with Gasteiger partial charge in [-0.1, -0.05) is 26.6 Å². The van der Waals surface area contributed by atoms with Crippen LogP contribution in [0.4, 0.5) is 0 Å². The summed E-state index contributed by atoms with van der Waals surface area (Å²) in [6, 6.07) is 0. The van der Waals surface area contributed by atoms with Crippen LogP contribution in [0.2, 0.25) is 63.6 Å². The van der Waals surface area contributed by atoms with Gasteiger partial charge in [0.2, 0.25) is 0 Å². The van der Waals surface area contributed by atoms with Gasteiger partial charge in [0.1, 0.15) is 29.3 Å². The van der Waals surface area contributed by atoms with Gasteiger partial charge in [-0.3, -0.25) is 0 Å². The fourth-order valence-electron chi connectivity index (χ4n) is 3.71. The van der Waals surface area contributed by atoms with Crippen molar-refractivity contribution in [3.63, 3.8) is 0 Å². The molecule has 0 aliphatic rings. The molecule has 0 saturated heterocycles. The topological polar surface area (TPSA) is 27.7 Å². The van der Waals surface area contributed by atoms with Gasteiger partial charge in [-0.05, 0) is 44.4 Å². The van der Waals surface area contributed by atoms with Gasteiger partial charge in [-0.15, -0.1) is 0 Å². The minimum Gasteiger partial charge on any atom is -0.461 e. The van der Waals surface area contributed by atoms with Crippen LogP contribution in [-0.4, -0.2) is 64.5 Å². The molecule has 0 saturated carbocycles. The van der Waals surface area contributed by atoms with Crippen molar-refractivity contribution in [2.45, 2.75) is 70.5 Å². The van der Waals surface area contributed by atoms with Gasteiger partial charge in [-0.25, -0.2) is 0 Å². The smallest absolute Gasteiger partial charge is 0.178 e. The number of hydrogen-bond acceptors (Lipinski definition) is 3. The first-order chi connectivity index (χ1) is 9.84. The van der Waals surface area contributed by atoms with E-state index in [0.29, 0.717) is 0 Å². The third kappa shape index (κ3) is 4.73. The first kappa shape index (κ1) is 23.4. The molecule has 0 aromatic carbocycles. The molecule has 0 N–H and O–H groups in total. The summed E-state index contributed by atoms with van der Waals surface area (Å²) >= 11 is 0. The summed E-state index contributed by atoms with van der Waals surface area (Å²) in [5, 5.41) is 1.73. The highest BCUT2D eigenvalue weighted by Gasteiger charge is 2.62. The summed E-state index contributed by atoms with van der Waals surface area (Å²) in [5.41, 5.74) is 0. The van der Waals surface area contributed by atoms with Crippen molar-refractivity contribution < 1.29 is 12.3 Å². The van der Waals surface area contributed by atoms with Crippen LogP contribution >= 0.6 is 0 Å². The highest BCUT2D eigenvalue weighted by molar-refractivity contribution is 7.03. The minimum absolute atomic E-state index is 0.178. The Morgan fingerprint density at radius 2 is 1.09 bits per heavy atom. The van der Waals surface area contributed by atoms with Crippen molar-refractivity contribution >= 4 is 64.5 Å². The third-order valence-electron chi connectivity index (χ3n) is 5.58. The van der Waals surface area contributed by atoms with E-state index in [1.807, 2.05) is 0 Å². The van der Waals surface area contributed by atoms with Crippen LogP contribution in [0.25, 0.3) is 0 Å². The molecular weight excluding hydrogens is 389 g/mol. The lowest BCUT2D eigenvalue weighted by molar-refractivity contribution is 0.501. The Kier molecular flexibility index (Phi) is 9.22. The average Bonchev–Trinajstić information content (AvgIpc) is 2.36. The van der Waals surface area contributed by atoms with Crippen LogP contribution in [0.15, 0.2) is 0 Å². The molecule has 0 rings (SSSR count). The average molecular weight is 428 g/mol. The van der Waals surface area contributed by atoms with E-state index in [-0.39, 0.29) is 14.4 Å². The second-order valence-electron chi connectivity index (χ2n) is 7.58. The molecule has 0 bridgehead atoms. The molecule has 133 valence electrons. The predicted molar refractivity (Wildman–Crippen MR) is 120 cm³/mol. The van der Waals surface area contributed by atoms with E-state index >= 15 is 0 Å². The van der Waals surface area contributed by atoms with E-state index < -0.39 is 44.5 Å². The fraction of sp³-hybridized carbons (Fsp3) is 0.917. The molecule has 0 aliphatic carbocycles. The largest absolute Gasteiger partial charge is 0.461 e. The summed E-state index contributed by atoms with van der Waals surface area (Å²) in [7, 11) is -5.49. The first-order valence-electron chi connectivity index (χ1n) is 8.60. The van der Waals surface area contributed by atoms with Crippen LogP contribution < -0.4 is 0 Å². The lowest BCUT2D eigenvalue weighted by Gasteiger charge is -2.57. The molecule has 0 amide bonds. The van der Waals surface area contributed by atoms with Gasteiger partial charge in [0, 0.05) is 14.9 Å². The first-order valence-corrected chi connectivity index (χ1v) is 24.3. The van der Waals surface area contributed by atoms with E-state index in [4.69, 9.17) is 12.3 Å². The van der Waals surface area contributed by atoms with Crippen molar-refractivity contribution in [2.24, 2.45) is 0 Å². The molecule has 10 heteroatoms. The van der Waals surface area contributed by atoms with Crippen molar-refractivity contribution in [1.82, 2.24) is 0 Å². The number of hydrogen-bond donors (Lipinski definition) is 0. The monoisotopic (exact) mass is 427 g/mol. The maximum Gasteiger partial charge on any atom is 0.178 e. The molecule has 0 fully saturated rings. The molecule has 0 aromatic rings. The molecule has 0 heterocycles. The van der Waals surface area contributed by atoms with Crippen molar-refractivity contribution in [3.8, 4) is 0 Å². The Hall–Kier alpha value is 1.40. The second kappa shape index (κ2) is 8.67. The zero-order valence-electron chi connectivity index (χ0n) is 16.8. The van der Waals surface area contributed by atoms with Gasteiger partial charge in [-0.2, -0.15) is 0 Å². The molecule has 22 heavy (non-hydrogen) atoms. The van der Waals surface area contributed by atoms with Crippen molar-refractivity contribution in [2.75, 3.05) is 0 Å². The van der Waals surface area contributed by atoms with Crippen LogP contribution in [0.5, 0.6) is 0 Å². The lowest BCUT2D eigenvalue weighted by Crippen LogP contribution is -2.66. The zero-order valence-corrected chi connectivity index (χ0v) is 26.1. The van der Waals surface area contributed by atoms with E-state index in [1.54, 1.807) is 5.16 Å². The second-order valence-corrected chi connectivity index (χ2v) is 27.1. The Bertz CT molecular complexity index is 332. The normalized spacial score (nSPS) is 18.7. The summed E-state index contributed by atoms with van der Waals surface area (Å²) < 4.78 is 19.7. The Morgan fingerprint density at radius 3 is 1.36 bits per heavy atom. The van der Waals surface area contributed by atoms with Gasteiger partial charge in [0.15, 0.2) is 25.0 Å². The molecule has 0 spiro atoms. The van der Waals surface area contributed by atoms with Crippen LogP contribution in [-0.2, 0) is 12.3 Å². The Balaban J connectivity index is 6.01. The summed E-state index contributed by atoms with van der Waals surface area (Å²) in [6.07, 6.45) is 0. The fourth-order valence-corrected chi connectivity index (χ4v) is 34.2. The van der Waals surface area contributed by atoms with Crippen LogP contribution in [0.3, 0.4) is 0 Å². The quantitative estimate of drug-likeness (QED) is 0.482. The standard InChI is InChI=1S/C12H39O3Si7/c1-12(21(7,8)14-18-3,22(9,10)15-19-4)11(16)20(5,6)13-17-2/h17-19H2,1-10,16H3. The Labute approximate surface area is 152 Å². The lowest BCUT2D eigenvalue weighted by atomic mass is 10.5. The van der Waals surface area contributed by atoms with Crippen molar-refractivity contribution in [1.29, 1.82) is 0 Å². The van der Waals surface area contributed by atoms with Gasteiger partial charge < -0.3 is 12.3 Å². The highest BCUT2D eigenvalue weighted by Crippen LogP contribution is 2.55. The maximum absolute atomic E-state index is 6.55. The summed E-state index contributed by atoms with van der Waals surface area (Å²) in [6.45, 7) is 23.9. The highest BCUT2D eigenvalue weighted by atomic mass is 28.4. The Morgan fingerprint density at radius 1 is 0.773 bits per heavy atom. The maximum atomic E-state index is 6.55. The summed E-state index contributed by atoms with van der Waals surface area (Å²) in [4.78, 5) is 0. The van der Waals surface area contributed by atoms with Gasteiger partial charge in [0.25, 0.3) is 0 Å². The van der Waals surface area contributed by atoms with Crippen LogP contribution in [0.1, 0.15) is 6.92 Å². The van der Waals surface area contributed by atoms with E-state index in [0.717, 1.165) is 10.2 Å². The minimum atomic E-state index is -1.84. The molecule has 3 nitrogen and oxygen atoms in total. The third-order valence-corrected chi connectivity index (χ3v) is 35.3. The predicted octanol–water partition coefficient (Wildman–Crippen LogP) is 0.783. The van der Waals surface area contributed by atoms with Crippen molar-refractivity contribution in [3.05, 3.63) is 5.16 Å². The van der Waals surface area contributed by atoms with E-state index in [1.165, 1.54) is 0 Å². The van der Waals surface area contributed by atoms with E-state index in [9.17, 15) is 0 Å². The SMILES string of the molecule is C[SiH2]O[Si](C)(C)[C]([SiH3])C(C)([Si](C)(C)O[SiH2]C)[Si](C)(C)O[SiH2]C. The molecule has 0 unspecified atom stereocenters. The van der Waals surface area contributed by atoms with Crippen LogP contribution in [0, 0.1) is 5.16 Å². The van der Waals surface area contributed by atoms with Gasteiger partial charge in [0.05, 0.1) is 0 Å². The summed E-state index contributed by atoms with van der Waals surface area (Å²) in [5.74, 6) is 0. The van der Waals surface area contributed by atoms with E-state index in [2.05, 4.69) is 65.8 Å². The molecule has 0 atom stereocenters. The number of rotatable bonds is 10. The molecule has 1 radical (unpaired) electrons. The molecular formula is C12H39O3Si7. The zero-order chi connectivity index (χ0) is 17.8. The molecule has 0 aliphatic heterocycles. The molecule has 0 aromatic heterocycles.